The van der Waals surface area contributed by atoms with Gasteiger partial charge >= 0.3 is 0 Å². The fourth-order valence-electron chi connectivity index (χ4n) is 1.13. The van der Waals surface area contributed by atoms with Crippen LogP contribution < -0.4 is 5.32 Å². The van der Waals surface area contributed by atoms with Crippen LogP contribution in [0, 0.1) is 0 Å². The van der Waals surface area contributed by atoms with Gasteiger partial charge in [-0.2, -0.15) is 0 Å². The largest absolute Gasteiger partial charge is 0.379 e. The summed E-state index contributed by atoms with van der Waals surface area (Å²) in [5, 5.41) is 2.81. The summed E-state index contributed by atoms with van der Waals surface area (Å²) >= 11 is 0. The Bertz CT molecular complexity index is 163. The third-order valence-electron chi connectivity index (χ3n) is 1.87. The molecule has 0 aromatic heterocycles. The summed E-state index contributed by atoms with van der Waals surface area (Å²) in [6, 6.07) is 0. The van der Waals surface area contributed by atoms with E-state index in [9.17, 15) is 4.79 Å². The maximum absolute atomic E-state index is 11.3. The molecule has 0 rings (SSSR count). The van der Waals surface area contributed by atoms with Crippen molar-refractivity contribution in [3.8, 4) is 0 Å². The average Bonchev–Trinajstić information content (AvgIpc) is 2.19. The molecular formula is C12H25NO3. The third kappa shape index (κ3) is 11.5. The molecule has 0 aliphatic carbocycles. The van der Waals surface area contributed by atoms with Crippen LogP contribution in [-0.4, -0.2) is 37.9 Å². The molecule has 0 aliphatic heterocycles. The SMILES string of the molecule is CC(C)OCCCC(=O)NCCOC(C)C. The van der Waals surface area contributed by atoms with Crippen molar-refractivity contribution in [3.05, 3.63) is 0 Å². The van der Waals surface area contributed by atoms with Crippen molar-refractivity contribution in [3.63, 3.8) is 0 Å². The fraction of sp³-hybridized carbons (Fsp3) is 0.917. The molecule has 0 saturated carbocycles. The molecule has 0 heterocycles. The Labute approximate surface area is 98.7 Å². The summed E-state index contributed by atoms with van der Waals surface area (Å²) < 4.78 is 10.7. The van der Waals surface area contributed by atoms with Gasteiger partial charge in [-0.15, -0.1) is 0 Å². The minimum Gasteiger partial charge on any atom is -0.379 e. The number of hydrogen-bond acceptors (Lipinski definition) is 3. The van der Waals surface area contributed by atoms with Gasteiger partial charge in [0.1, 0.15) is 0 Å². The molecule has 0 saturated heterocycles. The summed E-state index contributed by atoms with van der Waals surface area (Å²) in [6.07, 6.45) is 1.75. The first-order chi connectivity index (χ1) is 7.52. The molecule has 0 aromatic rings. The highest BCUT2D eigenvalue weighted by atomic mass is 16.5. The highest BCUT2D eigenvalue weighted by molar-refractivity contribution is 5.75. The van der Waals surface area contributed by atoms with Crippen molar-refractivity contribution < 1.29 is 14.3 Å². The van der Waals surface area contributed by atoms with Gasteiger partial charge in [-0.05, 0) is 34.1 Å². The molecular weight excluding hydrogens is 206 g/mol. The predicted molar refractivity (Wildman–Crippen MR) is 64.4 cm³/mol. The highest BCUT2D eigenvalue weighted by Crippen LogP contribution is 1.94. The Hall–Kier alpha value is -0.610. The molecule has 96 valence electrons. The standard InChI is InChI=1S/C12H25NO3/c1-10(2)15-8-5-6-12(14)13-7-9-16-11(3)4/h10-11H,5-9H2,1-4H3,(H,13,14). The summed E-state index contributed by atoms with van der Waals surface area (Å²) in [5.41, 5.74) is 0. The number of ether oxygens (including phenoxy) is 2. The average molecular weight is 231 g/mol. The van der Waals surface area contributed by atoms with E-state index in [1.165, 1.54) is 0 Å². The van der Waals surface area contributed by atoms with Gasteiger partial charge in [-0.3, -0.25) is 4.79 Å². The maximum Gasteiger partial charge on any atom is 0.220 e. The Kier molecular flexibility index (Phi) is 9.24. The normalized spacial score (nSPS) is 11.1. The zero-order valence-electron chi connectivity index (χ0n) is 10.9. The van der Waals surface area contributed by atoms with Gasteiger partial charge in [0.05, 0.1) is 18.8 Å². The Morgan fingerprint density at radius 1 is 1.06 bits per heavy atom. The molecule has 16 heavy (non-hydrogen) atoms. The molecule has 1 amide bonds. The van der Waals surface area contributed by atoms with Crippen LogP contribution in [0.4, 0.5) is 0 Å². The Balaban J connectivity index is 3.25. The number of hydrogen-bond donors (Lipinski definition) is 1. The molecule has 0 atom stereocenters. The van der Waals surface area contributed by atoms with E-state index < -0.39 is 0 Å². The van der Waals surface area contributed by atoms with Crippen molar-refractivity contribution in [2.24, 2.45) is 0 Å². The molecule has 0 aromatic carbocycles. The van der Waals surface area contributed by atoms with E-state index in [1.54, 1.807) is 0 Å². The number of amides is 1. The van der Waals surface area contributed by atoms with Crippen LogP contribution in [0.5, 0.6) is 0 Å². The lowest BCUT2D eigenvalue weighted by molar-refractivity contribution is -0.121. The number of rotatable bonds is 9. The third-order valence-corrected chi connectivity index (χ3v) is 1.87. The fourth-order valence-corrected chi connectivity index (χ4v) is 1.13. The highest BCUT2D eigenvalue weighted by Gasteiger charge is 2.01. The van der Waals surface area contributed by atoms with E-state index in [0.29, 0.717) is 26.2 Å². The summed E-state index contributed by atoms with van der Waals surface area (Å²) in [7, 11) is 0. The number of nitrogens with one attached hydrogen (secondary N) is 1. The van der Waals surface area contributed by atoms with E-state index in [0.717, 1.165) is 6.42 Å². The van der Waals surface area contributed by atoms with Crippen LogP contribution in [0.3, 0.4) is 0 Å². The first-order valence-corrected chi connectivity index (χ1v) is 6.02. The lowest BCUT2D eigenvalue weighted by Crippen LogP contribution is -2.28. The predicted octanol–water partition coefficient (Wildman–Crippen LogP) is 1.73. The second-order valence-electron chi connectivity index (χ2n) is 4.29. The van der Waals surface area contributed by atoms with Crippen molar-refractivity contribution >= 4 is 5.91 Å². The van der Waals surface area contributed by atoms with Crippen molar-refractivity contribution in [1.82, 2.24) is 5.32 Å². The van der Waals surface area contributed by atoms with Gasteiger partial charge in [0.15, 0.2) is 0 Å². The van der Waals surface area contributed by atoms with Crippen LogP contribution in [0.2, 0.25) is 0 Å². The van der Waals surface area contributed by atoms with E-state index in [4.69, 9.17) is 9.47 Å². The van der Waals surface area contributed by atoms with Crippen molar-refractivity contribution in [2.75, 3.05) is 19.8 Å². The van der Waals surface area contributed by atoms with Gasteiger partial charge < -0.3 is 14.8 Å². The van der Waals surface area contributed by atoms with Crippen LogP contribution in [0.15, 0.2) is 0 Å². The summed E-state index contributed by atoms with van der Waals surface area (Å²) in [5.74, 6) is 0.0692. The topological polar surface area (TPSA) is 47.6 Å². The second kappa shape index (κ2) is 9.60. The lowest BCUT2D eigenvalue weighted by Gasteiger charge is -2.09. The minimum absolute atomic E-state index is 0.0692. The first-order valence-electron chi connectivity index (χ1n) is 6.02. The quantitative estimate of drug-likeness (QED) is 0.615. The van der Waals surface area contributed by atoms with Crippen LogP contribution in [0.25, 0.3) is 0 Å². The molecule has 0 fully saturated rings. The van der Waals surface area contributed by atoms with Crippen LogP contribution in [-0.2, 0) is 14.3 Å². The van der Waals surface area contributed by atoms with Crippen LogP contribution >= 0.6 is 0 Å². The Morgan fingerprint density at radius 3 is 2.19 bits per heavy atom. The monoisotopic (exact) mass is 231 g/mol. The summed E-state index contributed by atoms with van der Waals surface area (Å²) in [6.45, 7) is 9.74. The first kappa shape index (κ1) is 15.4. The molecule has 4 heteroatoms. The zero-order chi connectivity index (χ0) is 12.4. The molecule has 0 aliphatic rings. The Morgan fingerprint density at radius 2 is 1.62 bits per heavy atom. The van der Waals surface area contributed by atoms with E-state index >= 15 is 0 Å². The zero-order valence-corrected chi connectivity index (χ0v) is 10.9. The number of carbonyl (C=O) groups is 1. The van der Waals surface area contributed by atoms with Gasteiger partial charge in [0.2, 0.25) is 5.91 Å². The molecule has 0 radical (unpaired) electrons. The van der Waals surface area contributed by atoms with E-state index in [2.05, 4.69) is 5.32 Å². The van der Waals surface area contributed by atoms with E-state index in [-0.39, 0.29) is 18.1 Å². The molecule has 0 spiro atoms. The van der Waals surface area contributed by atoms with Crippen LogP contribution in [0.1, 0.15) is 40.5 Å². The maximum atomic E-state index is 11.3. The molecule has 4 nitrogen and oxygen atoms in total. The summed E-state index contributed by atoms with van der Waals surface area (Å²) in [4.78, 5) is 11.3. The van der Waals surface area contributed by atoms with Crippen molar-refractivity contribution in [2.45, 2.75) is 52.7 Å². The second-order valence-corrected chi connectivity index (χ2v) is 4.29. The molecule has 0 bridgehead atoms. The smallest absolute Gasteiger partial charge is 0.220 e. The van der Waals surface area contributed by atoms with Crippen molar-refractivity contribution in [1.29, 1.82) is 0 Å². The molecule has 0 unspecified atom stereocenters. The molecule has 1 N–H and O–H groups in total. The van der Waals surface area contributed by atoms with Gasteiger partial charge in [-0.1, -0.05) is 0 Å². The number of carbonyl (C=O) groups excluding carboxylic acids is 1. The minimum atomic E-state index is 0.0692. The van der Waals surface area contributed by atoms with Gasteiger partial charge in [0.25, 0.3) is 0 Å². The van der Waals surface area contributed by atoms with E-state index in [1.807, 2.05) is 27.7 Å². The van der Waals surface area contributed by atoms with Gasteiger partial charge in [0, 0.05) is 19.6 Å². The van der Waals surface area contributed by atoms with Gasteiger partial charge in [-0.25, -0.2) is 0 Å². The lowest BCUT2D eigenvalue weighted by atomic mass is 10.3.